The van der Waals surface area contributed by atoms with Gasteiger partial charge in [0.05, 0.1) is 0 Å². The van der Waals surface area contributed by atoms with Gasteiger partial charge in [0.1, 0.15) is 5.82 Å². The molecule has 0 amide bonds. The topological polar surface area (TPSA) is 12.0 Å². The van der Waals surface area contributed by atoms with E-state index in [9.17, 15) is 4.39 Å². The van der Waals surface area contributed by atoms with E-state index in [2.05, 4.69) is 11.4 Å². The lowest BCUT2D eigenvalue weighted by molar-refractivity contribution is 0.231. The van der Waals surface area contributed by atoms with Gasteiger partial charge in [0.15, 0.2) is 0 Å². The van der Waals surface area contributed by atoms with Gasteiger partial charge in [-0.3, -0.25) is 0 Å². The number of hydrogen-bond donors (Lipinski definition) is 1. The third-order valence-electron chi connectivity index (χ3n) is 5.14. The van der Waals surface area contributed by atoms with Crippen LogP contribution in [0, 0.1) is 24.6 Å². The van der Waals surface area contributed by atoms with Gasteiger partial charge in [-0.05, 0) is 61.4 Å². The first-order chi connectivity index (χ1) is 9.25. The first kappa shape index (κ1) is 13.1. The van der Waals surface area contributed by atoms with Crippen LogP contribution in [0.3, 0.4) is 0 Å². The Labute approximate surface area is 115 Å². The molecule has 0 radical (unpaired) electrons. The molecule has 0 bridgehead atoms. The monoisotopic (exact) mass is 261 g/mol. The summed E-state index contributed by atoms with van der Waals surface area (Å²) in [6, 6.07) is 5.74. The molecule has 1 aliphatic heterocycles. The van der Waals surface area contributed by atoms with Gasteiger partial charge in [-0.25, -0.2) is 4.39 Å². The fraction of sp³-hybridized carbons (Fsp3) is 0.647. The van der Waals surface area contributed by atoms with E-state index >= 15 is 0 Å². The number of nitrogens with one attached hydrogen (secondary N) is 1. The molecule has 1 aromatic rings. The highest BCUT2D eigenvalue weighted by Gasteiger charge is 2.34. The van der Waals surface area contributed by atoms with Crippen LogP contribution in [0.25, 0.3) is 0 Å². The Morgan fingerprint density at radius 2 is 1.95 bits per heavy atom. The third kappa shape index (κ3) is 2.69. The van der Waals surface area contributed by atoms with Crippen LogP contribution in [0.5, 0.6) is 0 Å². The Bertz CT molecular complexity index is 437. The van der Waals surface area contributed by atoms with Gasteiger partial charge in [-0.2, -0.15) is 0 Å². The molecule has 2 aliphatic rings. The van der Waals surface area contributed by atoms with Crippen molar-refractivity contribution in [3.63, 3.8) is 0 Å². The summed E-state index contributed by atoms with van der Waals surface area (Å²) < 4.78 is 13.5. The molecule has 2 atom stereocenters. The highest BCUT2D eigenvalue weighted by Crippen LogP contribution is 2.42. The summed E-state index contributed by atoms with van der Waals surface area (Å²) in [5.41, 5.74) is 2.15. The quantitative estimate of drug-likeness (QED) is 0.848. The van der Waals surface area contributed by atoms with E-state index in [-0.39, 0.29) is 5.82 Å². The van der Waals surface area contributed by atoms with E-state index in [4.69, 9.17) is 0 Å². The van der Waals surface area contributed by atoms with Gasteiger partial charge in [-0.1, -0.05) is 37.8 Å². The molecule has 19 heavy (non-hydrogen) atoms. The van der Waals surface area contributed by atoms with Gasteiger partial charge >= 0.3 is 0 Å². The van der Waals surface area contributed by atoms with Crippen molar-refractivity contribution in [2.45, 2.75) is 44.9 Å². The average molecular weight is 261 g/mol. The van der Waals surface area contributed by atoms with E-state index in [1.54, 1.807) is 6.07 Å². The largest absolute Gasteiger partial charge is 0.316 e. The van der Waals surface area contributed by atoms with Crippen LogP contribution in [-0.4, -0.2) is 13.1 Å². The normalized spacial score (nSPS) is 28.7. The highest BCUT2D eigenvalue weighted by atomic mass is 19.1. The van der Waals surface area contributed by atoms with E-state index in [0.717, 1.165) is 30.5 Å². The molecule has 104 valence electrons. The van der Waals surface area contributed by atoms with Crippen molar-refractivity contribution in [2.24, 2.45) is 11.8 Å². The number of rotatable bonds is 2. The molecule has 1 heterocycles. The predicted molar refractivity (Wildman–Crippen MR) is 76.8 cm³/mol. The lowest BCUT2D eigenvalue weighted by Gasteiger charge is -2.36. The second-order valence-electron chi connectivity index (χ2n) is 6.32. The number of benzene rings is 1. The van der Waals surface area contributed by atoms with E-state index < -0.39 is 0 Å². The molecule has 0 aromatic heterocycles. The van der Waals surface area contributed by atoms with Crippen molar-refractivity contribution >= 4 is 0 Å². The molecule has 1 aliphatic carbocycles. The Morgan fingerprint density at radius 1 is 1.16 bits per heavy atom. The summed E-state index contributed by atoms with van der Waals surface area (Å²) in [5, 5.41) is 3.56. The highest BCUT2D eigenvalue weighted by molar-refractivity contribution is 5.28. The van der Waals surface area contributed by atoms with Crippen molar-refractivity contribution < 1.29 is 4.39 Å². The molecular formula is C17H24FN. The summed E-state index contributed by atoms with van der Waals surface area (Å²) in [7, 11) is 0. The average Bonchev–Trinajstić information content (AvgIpc) is 2.96. The zero-order valence-electron chi connectivity index (χ0n) is 11.8. The summed E-state index contributed by atoms with van der Waals surface area (Å²) in [6.07, 6.45) is 6.78. The van der Waals surface area contributed by atoms with Crippen molar-refractivity contribution in [2.75, 3.05) is 13.1 Å². The van der Waals surface area contributed by atoms with E-state index in [1.807, 2.05) is 13.0 Å². The molecule has 1 N–H and O–H groups in total. The van der Waals surface area contributed by atoms with Crippen LogP contribution >= 0.6 is 0 Å². The van der Waals surface area contributed by atoms with Gasteiger partial charge in [0.2, 0.25) is 0 Å². The van der Waals surface area contributed by atoms with Crippen LogP contribution in [0.2, 0.25) is 0 Å². The Morgan fingerprint density at radius 3 is 2.68 bits per heavy atom. The maximum absolute atomic E-state index is 13.5. The minimum absolute atomic E-state index is 0.0740. The third-order valence-corrected chi connectivity index (χ3v) is 5.14. The number of piperidine rings is 1. The second-order valence-corrected chi connectivity index (χ2v) is 6.32. The first-order valence-electron chi connectivity index (χ1n) is 7.72. The molecule has 2 fully saturated rings. The fourth-order valence-electron chi connectivity index (χ4n) is 4.08. The summed E-state index contributed by atoms with van der Waals surface area (Å²) in [4.78, 5) is 0. The lowest BCUT2D eigenvalue weighted by atomic mass is 9.73. The predicted octanol–water partition coefficient (Wildman–Crippen LogP) is 4.02. The summed E-state index contributed by atoms with van der Waals surface area (Å²) in [5.74, 6) is 2.18. The first-order valence-corrected chi connectivity index (χ1v) is 7.72. The Hall–Kier alpha value is -0.890. The zero-order chi connectivity index (χ0) is 13.2. The standard InChI is InChI=1S/C17H24FN/c1-12-10-14(6-7-17(12)18)15-8-9-19-11-16(15)13-4-2-3-5-13/h6-7,10,13,15-16,19H,2-5,8-9,11H2,1H3. The summed E-state index contributed by atoms with van der Waals surface area (Å²) >= 11 is 0. The van der Waals surface area contributed by atoms with Crippen LogP contribution in [0.4, 0.5) is 4.39 Å². The molecule has 2 heteroatoms. The molecule has 1 saturated heterocycles. The minimum atomic E-state index is -0.0740. The smallest absolute Gasteiger partial charge is 0.126 e. The van der Waals surface area contributed by atoms with Gasteiger partial charge < -0.3 is 5.32 Å². The molecule has 3 rings (SSSR count). The van der Waals surface area contributed by atoms with Crippen molar-refractivity contribution in [1.82, 2.24) is 5.32 Å². The Balaban J connectivity index is 1.84. The number of hydrogen-bond acceptors (Lipinski definition) is 1. The number of halogens is 1. The van der Waals surface area contributed by atoms with Crippen LogP contribution in [0.1, 0.15) is 49.1 Å². The fourth-order valence-corrected chi connectivity index (χ4v) is 4.08. The van der Waals surface area contributed by atoms with Crippen molar-refractivity contribution in [3.05, 3.63) is 35.1 Å². The van der Waals surface area contributed by atoms with Gasteiger partial charge in [0, 0.05) is 0 Å². The lowest BCUT2D eigenvalue weighted by Crippen LogP contribution is -2.38. The zero-order valence-corrected chi connectivity index (χ0v) is 11.8. The van der Waals surface area contributed by atoms with Gasteiger partial charge in [0.25, 0.3) is 0 Å². The van der Waals surface area contributed by atoms with Crippen LogP contribution in [-0.2, 0) is 0 Å². The van der Waals surface area contributed by atoms with Crippen molar-refractivity contribution in [1.29, 1.82) is 0 Å². The van der Waals surface area contributed by atoms with E-state index in [0.29, 0.717) is 5.92 Å². The Kier molecular flexibility index (Phi) is 3.88. The molecule has 1 aromatic carbocycles. The SMILES string of the molecule is Cc1cc(C2CCNCC2C2CCCC2)ccc1F. The van der Waals surface area contributed by atoms with E-state index in [1.165, 1.54) is 37.7 Å². The molecule has 1 nitrogen and oxygen atoms in total. The number of aryl methyl sites for hydroxylation is 1. The second kappa shape index (κ2) is 5.62. The molecule has 2 unspecified atom stereocenters. The summed E-state index contributed by atoms with van der Waals surface area (Å²) in [6.45, 7) is 4.13. The molecule has 0 spiro atoms. The minimum Gasteiger partial charge on any atom is -0.316 e. The molecular weight excluding hydrogens is 237 g/mol. The van der Waals surface area contributed by atoms with Crippen LogP contribution < -0.4 is 5.32 Å². The van der Waals surface area contributed by atoms with Crippen molar-refractivity contribution in [3.8, 4) is 0 Å². The maximum atomic E-state index is 13.5. The maximum Gasteiger partial charge on any atom is 0.126 e. The molecule has 1 saturated carbocycles. The van der Waals surface area contributed by atoms with Crippen LogP contribution in [0.15, 0.2) is 18.2 Å². The van der Waals surface area contributed by atoms with Gasteiger partial charge in [-0.15, -0.1) is 0 Å².